The smallest absolute Gasteiger partial charge is 0.394 e. The predicted octanol–water partition coefficient (Wildman–Crippen LogP) is 2.84. The standard InChI is InChI=1S/C18H21F3N2O4/c1-9-11-5-3-4-6-14(11)27-15(9)10(2)22-17(26)23-7-12(16(24)25)13(8-23)18(19,20)21/h3-6,9-10,12-13,15H,7-8H2,1-2H3,(H,22,26)(H,24,25)/t9?,10?,12-,13-,15?/m1/s1. The molecule has 1 aromatic carbocycles. The second kappa shape index (κ2) is 6.94. The summed E-state index contributed by atoms with van der Waals surface area (Å²) in [6.07, 6.45) is -5.03. The molecule has 1 saturated heterocycles. The van der Waals surface area contributed by atoms with Crippen molar-refractivity contribution in [2.24, 2.45) is 11.8 Å². The molecule has 0 radical (unpaired) electrons. The molecule has 2 aliphatic rings. The molecule has 0 saturated carbocycles. The van der Waals surface area contributed by atoms with E-state index in [2.05, 4.69) is 5.32 Å². The lowest BCUT2D eigenvalue weighted by Gasteiger charge is -2.26. The number of hydrogen-bond donors (Lipinski definition) is 2. The van der Waals surface area contributed by atoms with Gasteiger partial charge in [0.25, 0.3) is 0 Å². The van der Waals surface area contributed by atoms with Gasteiger partial charge in [-0.3, -0.25) is 4.79 Å². The van der Waals surface area contributed by atoms with Gasteiger partial charge in [0.05, 0.1) is 17.9 Å². The Balaban J connectivity index is 1.65. The Bertz CT molecular complexity index is 740. The highest BCUT2D eigenvalue weighted by molar-refractivity contribution is 5.78. The molecule has 2 aliphatic heterocycles. The second-order valence-corrected chi connectivity index (χ2v) is 7.14. The van der Waals surface area contributed by atoms with Crippen LogP contribution in [0.5, 0.6) is 5.75 Å². The molecule has 0 spiro atoms. The van der Waals surface area contributed by atoms with Crippen LogP contribution in [-0.4, -0.2) is 53.4 Å². The molecule has 2 amide bonds. The number of carbonyl (C=O) groups excluding carboxylic acids is 1. The number of amides is 2. The number of para-hydroxylation sites is 1. The molecule has 0 aliphatic carbocycles. The summed E-state index contributed by atoms with van der Waals surface area (Å²) in [5.41, 5.74) is 1.01. The largest absolute Gasteiger partial charge is 0.487 e. The van der Waals surface area contributed by atoms with Crippen molar-refractivity contribution >= 4 is 12.0 Å². The number of carboxylic acid groups (broad SMARTS) is 1. The fourth-order valence-corrected chi connectivity index (χ4v) is 3.84. The highest BCUT2D eigenvalue weighted by Crippen LogP contribution is 2.40. The lowest BCUT2D eigenvalue weighted by Crippen LogP contribution is -2.49. The Hall–Kier alpha value is -2.45. The molecule has 9 heteroatoms. The number of aliphatic carboxylic acids is 1. The van der Waals surface area contributed by atoms with Gasteiger partial charge in [-0.15, -0.1) is 0 Å². The number of alkyl halides is 3. The zero-order valence-corrected chi connectivity index (χ0v) is 14.9. The molecule has 6 nitrogen and oxygen atoms in total. The van der Waals surface area contributed by atoms with E-state index in [1.807, 2.05) is 31.2 Å². The maximum Gasteiger partial charge on any atom is 0.394 e. The van der Waals surface area contributed by atoms with Crippen LogP contribution in [0.3, 0.4) is 0 Å². The Morgan fingerprint density at radius 1 is 1.30 bits per heavy atom. The number of ether oxygens (including phenoxy) is 1. The summed E-state index contributed by atoms with van der Waals surface area (Å²) < 4.78 is 45.1. The van der Waals surface area contributed by atoms with Crippen LogP contribution >= 0.6 is 0 Å². The van der Waals surface area contributed by atoms with Crippen molar-refractivity contribution in [3.63, 3.8) is 0 Å². The summed E-state index contributed by atoms with van der Waals surface area (Å²) in [4.78, 5) is 24.5. The first-order chi connectivity index (χ1) is 12.6. The molecular formula is C18H21F3N2O4. The number of carbonyl (C=O) groups is 2. The van der Waals surface area contributed by atoms with E-state index in [-0.39, 0.29) is 12.0 Å². The molecule has 1 fully saturated rings. The van der Waals surface area contributed by atoms with Crippen LogP contribution in [-0.2, 0) is 4.79 Å². The van der Waals surface area contributed by atoms with Crippen molar-refractivity contribution < 1.29 is 32.6 Å². The fraction of sp³-hybridized carbons (Fsp3) is 0.556. The molecule has 2 heterocycles. The van der Waals surface area contributed by atoms with Gasteiger partial charge in [-0.2, -0.15) is 13.2 Å². The third kappa shape index (κ3) is 3.68. The van der Waals surface area contributed by atoms with Gasteiger partial charge in [0.2, 0.25) is 0 Å². The summed E-state index contributed by atoms with van der Waals surface area (Å²) in [6.45, 7) is 2.53. The van der Waals surface area contributed by atoms with Gasteiger partial charge in [0.15, 0.2) is 0 Å². The van der Waals surface area contributed by atoms with Crippen LogP contribution in [0.1, 0.15) is 25.3 Å². The number of halogens is 3. The fourth-order valence-electron chi connectivity index (χ4n) is 3.84. The van der Waals surface area contributed by atoms with E-state index in [0.717, 1.165) is 16.2 Å². The highest BCUT2D eigenvalue weighted by atomic mass is 19.4. The Morgan fingerprint density at radius 3 is 2.52 bits per heavy atom. The molecule has 3 rings (SSSR count). The van der Waals surface area contributed by atoms with Crippen LogP contribution in [0.15, 0.2) is 24.3 Å². The minimum absolute atomic E-state index is 0.00442. The Morgan fingerprint density at radius 2 is 1.96 bits per heavy atom. The zero-order valence-electron chi connectivity index (χ0n) is 14.9. The lowest BCUT2D eigenvalue weighted by atomic mass is 9.94. The van der Waals surface area contributed by atoms with Crippen LogP contribution < -0.4 is 10.1 Å². The number of hydrogen-bond acceptors (Lipinski definition) is 3. The summed E-state index contributed by atoms with van der Waals surface area (Å²) in [6, 6.07) is 6.30. The summed E-state index contributed by atoms with van der Waals surface area (Å²) in [5, 5.41) is 11.7. The number of urea groups is 1. The number of fused-ring (bicyclic) bond motifs is 1. The minimum Gasteiger partial charge on any atom is -0.487 e. The number of nitrogens with one attached hydrogen (secondary N) is 1. The minimum atomic E-state index is -4.67. The van der Waals surface area contributed by atoms with E-state index in [1.165, 1.54) is 0 Å². The van der Waals surface area contributed by atoms with Gasteiger partial charge in [-0.05, 0) is 13.0 Å². The van der Waals surface area contributed by atoms with Crippen molar-refractivity contribution in [3.05, 3.63) is 29.8 Å². The topological polar surface area (TPSA) is 78.9 Å². The maximum atomic E-state index is 13.1. The molecule has 5 atom stereocenters. The summed E-state index contributed by atoms with van der Waals surface area (Å²) in [5.74, 6) is -4.55. The average molecular weight is 386 g/mol. The third-order valence-corrected chi connectivity index (χ3v) is 5.35. The number of carboxylic acids is 1. The number of rotatable bonds is 3. The van der Waals surface area contributed by atoms with Crippen molar-refractivity contribution in [1.82, 2.24) is 10.2 Å². The van der Waals surface area contributed by atoms with E-state index < -0.39 is 49.1 Å². The van der Waals surface area contributed by atoms with E-state index in [1.54, 1.807) is 6.92 Å². The van der Waals surface area contributed by atoms with Crippen LogP contribution in [0.2, 0.25) is 0 Å². The quantitative estimate of drug-likeness (QED) is 0.837. The molecule has 1 aromatic rings. The second-order valence-electron chi connectivity index (χ2n) is 7.14. The van der Waals surface area contributed by atoms with Gasteiger partial charge in [-0.25, -0.2) is 4.79 Å². The molecule has 2 N–H and O–H groups in total. The van der Waals surface area contributed by atoms with Crippen LogP contribution in [0, 0.1) is 11.8 Å². The predicted molar refractivity (Wildman–Crippen MR) is 89.5 cm³/mol. The summed E-state index contributed by atoms with van der Waals surface area (Å²) >= 11 is 0. The van der Waals surface area contributed by atoms with Gasteiger partial charge < -0.3 is 20.1 Å². The zero-order chi connectivity index (χ0) is 19.9. The van der Waals surface area contributed by atoms with E-state index >= 15 is 0 Å². The molecule has 0 aromatic heterocycles. The van der Waals surface area contributed by atoms with E-state index in [9.17, 15) is 22.8 Å². The first-order valence-corrected chi connectivity index (χ1v) is 8.70. The molecule has 148 valence electrons. The summed E-state index contributed by atoms with van der Waals surface area (Å²) in [7, 11) is 0. The van der Waals surface area contributed by atoms with Crippen molar-refractivity contribution in [2.75, 3.05) is 13.1 Å². The normalized spacial score (nSPS) is 28.4. The SMILES string of the molecule is CC(NC(=O)N1C[C@@H](C(F)(F)F)[C@H](C(=O)O)C1)C1Oc2ccccc2C1C. The third-order valence-electron chi connectivity index (χ3n) is 5.35. The monoisotopic (exact) mass is 386 g/mol. The number of likely N-dealkylation sites (tertiary alicyclic amines) is 1. The molecular weight excluding hydrogens is 365 g/mol. The van der Waals surface area contributed by atoms with Gasteiger partial charge in [-0.1, -0.05) is 25.1 Å². The highest BCUT2D eigenvalue weighted by Gasteiger charge is 2.53. The van der Waals surface area contributed by atoms with E-state index in [4.69, 9.17) is 9.84 Å². The molecule has 27 heavy (non-hydrogen) atoms. The molecule has 3 unspecified atom stereocenters. The average Bonchev–Trinajstić information content (AvgIpc) is 3.17. The van der Waals surface area contributed by atoms with Crippen LogP contribution in [0.4, 0.5) is 18.0 Å². The Labute approximate surface area is 154 Å². The van der Waals surface area contributed by atoms with Crippen molar-refractivity contribution in [2.45, 2.75) is 38.1 Å². The van der Waals surface area contributed by atoms with Gasteiger partial charge >= 0.3 is 18.2 Å². The number of nitrogens with zero attached hydrogens (tertiary/aromatic N) is 1. The molecule has 0 bridgehead atoms. The van der Waals surface area contributed by atoms with Crippen molar-refractivity contribution in [1.29, 1.82) is 0 Å². The van der Waals surface area contributed by atoms with Gasteiger partial charge in [0, 0.05) is 24.6 Å². The lowest BCUT2D eigenvalue weighted by molar-refractivity contribution is -0.187. The maximum absolute atomic E-state index is 13.1. The van der Waals surface area contributed by atoms with Crippen molar-refractivity contribution in [3.8, 4) is 5.75 Å². The van der Waals surface area contributed by atoms with E-state index in [0.29, 0.717) is 0 Å². The van der Waals surface area contributed by atoms with Gasteiger partial charge in [0.1, 0.15) is 11.9 Å². The van der Waals surface area contributed by atoms with Crippen LogP contribution in [0.25, 0.3) is 0 Å². The number of benzene rings is 1. The first-order valence-electron chi connectivity index (χ1n) is 8.70. The Kier molecular flexibility index (Phi) is 4.96. The first kappa shape index (κ1) is 19.3.